The van der Waals surface area contributed by atoms with Crippen molar-refractivity contribution in [3.05, 3.63) is 23.4 Å². The van der Waals surface area contributed by atoms with Crippen LogP contribution in [0.1, 0.15) is 23.7 Å². The molecular weight excluding hydrogens is 265 g/mol. The molecule has 5 nitrogen and oxygen atoms in total. The van der Waals surface area contributed by atoms with Crippen LogP contribution in [-0.2, 0) is 6.18 Å². The third kappa shape index (κ3) is 3.79. The zero-order chi connectivity index (χ0) is 14.6. The van der Waals surface area contributed by atoms with Crippen LogP contribution < -0.4 is 10.5 Å². The summed E-state index contributed by atoms with van der Waals surface area (Å²) in [6.45, 7) is 0.105. The van der Waals surface area contributed by atoms with Crippen LogP contribution in [0, 0.1) is 0 Å². The van der Waals surface area contributed by atoms with Crippen LogP contribution in [-0.4, -0.2) is 35.0 Å². The lowest BCUT2D eigenvalue weighted by Gasteiger charge is -2.19. The van der Waals surface area contributed by atoms with Crippen LogP contribution in [0.15, 0.2) is 12.3 Å². The molecule has 0 radical (unpaired) electrons. The van der Waals surface area contributed by atoms with Crippen LogP contribution in [0.4, 0.5) is 13.2 Å². The van der Waals surface area contributed by atoms with Crippen LogP contribution in [0.5, 0.6) is 5.88 Å². The Bertz CT molecular complexity index is 426. The minimum absolute atomic E-state index is 0.0640. The van der Waals surface area contributed by atoms with Crippen LogP contribution >= 0.6 is 0 Å². The summed E-state index contributed by atoms with van der Waals surface area (Å²) in [7, 11) is 1.07. The maximum absolute atomic E-state index is 12.7. The first-order valence-electron chi connectivity index (χ1n) is 5.48. The highest BCUT2D eigenvalue weighted by Gasteiger charge is 2.36. The van der Waals surface area contributed by atoms with Crippen LogP contribution in [0.3, 0.4) is 0 Å². The van der Waals surface area contributed by atoms with E-state index < -0.39 is 29.8 Å². The largest absolute Gasteiger partial charge is 0.481 e. The van der Waals surface area contributed by atoms with E-state index in [1.54, 1.807) is 0 Å². The van der Waals surface area contributed by atoms with Gasteiger partial charge in [-0.1, -0.05) is 0 Å². The van der Waals surface area contributed by atoms with Crippen molar-refractivity contribution in [1.29, 1.82) is 0 Å². The van der Waals surface area contributed by atoms with Crippen molar-refractivity contribution in [3.8, 4) is 5.88 Å². The summed E-state index contributed by atoms with van der Waals surface area (Å²) in [5, 5.41) is 19.2. The van der Waals surface area contributed by atoms with Gasteiger partial charge in [0.05, 0.1) is 13.2 Å². The second-order valence-corrected chi connectivity index (χ2v) is 3.91. The van der Waals surface area contributed by atoms with Crippen molar-refractivity contribution in [1.82, 2.24) is 4.98 Å². The summed E-state index contributed by atoms with van der Waals surface area (Å²) in [5.74, 6) is -0.586. The zero-order valence-electron chi connectivity index (χ0n) is 10.2. The summed E-state index contributed by atoms with van der Waals surface area (Å²) >= 11 is 0. The van der Waals surface area contributed by atoms with Gasteiger partial charge in [-0.15, -0.1) is 0 Å². The average Bonchev–Trinajstić information content (AvgIpc) is 2.36. The van der Waals surface area contributed by atoms with E-state index in [1.165, 1.54) is 0 Å². The Morgan fingerprint density at radius 3 is 2.53 bits per heavy atom. The molecule has 2 atom stereocenters. The number of methoxy groups -OCH3 is 1. The van der Waals surface area contributed by atoms with E-state index in [0.29, 0.717) is 6.07 Å². The Balaban J connectivity index is 3.11. The molecule has 19 heavy (non-hydrogen) atoms. The molecule has 1 aromatic rings. The number of aliphatic hydroxyl groups excluding tert-OH is 2. The molecule has 2 unspecified atom stereocenters. The van der Waals surface area contributed by atoms with Gasteiger partial charge in [-0.25, -0.2) is 4.98 Å². The zero-order valence-corrected chi connectivity index (χ0v) is 10.2. The van der Waals surface area contributed by atoms with Gasteiger partial charge < -0.3 is 20.7 Å². The van der Waals surface area contributed by atoms with Crippen molar-refractivity contribution >= 4 is 0 Å². The lowest BCUT2D eigenvalue weighted by atomic mass is 10.0. The number of ether oxygens (including phenoxy) is 1. The van der Waals surface area contributed by atoms with Crippen LogP contribution in [0.25, 0.3) is 0 Å². The first kappa shape index (κ1) is 15.7. The van der Waals surface area contributed by atoms with Crippen molar-refractivity contribution < 1.29 is 28.1 Å². The van der Waals surface area contributed by atoms with Gasteiger partial charge in [-0.05, 0) is 19.0 Å². The van der Waals surface area contributed by atoms with Crippen molar-refractivity contribution in [3.63, 3.8) is 0 Å². The van der Waals surface area contributed by atoms with Gasteiger partial charge in [0, 0.05) is 11.8 Å². The van der Waals surface area contributed by atoms with Crippen molar-refractivity contribution in [2.45, 2.75) is 24.8 Å². The molecule has 0 spiro atoms. The molecular formula is C11H15F3N2O3. The third-order valence-corrected chi connectivity index (χ3v) is 2.54. The molecule has 1 heterocycles. The van der Waals surface area contributed by atoms with Crippen molar-refractivity contribution in [2.24, 2.45) is 5.73 Å². The van der Waals surface area contributed by atoms with E-state index in [0.717, 1.165) is 13.3 Å². The lowest BCUT2D eigenvalue weighted by Crippen LogP contribution is -2.22. The SMILES string of the molecule is COc1ncc(C(O)C(O)CCN)cc1C(F)(F)F. The fourth-order valence-corrected chi connectivity index (χ4v) is 1.55. The molecule has 0 saturated heterocycles. The molecule has 0 aliphatic carbocycles. The van der Waals surface area contributed by atoms with E-state index in [4.69, 9.17) is 5.73 Å². The smallest absolute Gasteiger partial charge is 0.421 e. The number of aromatic nitrogens is 1. The monoisotopic (exact) mass is 280 g/mol. The molecule has 8 heteroatoms. The lowest BCUT2D eigenvalue weighted by molar-refractivity contribution is -0.139. The van der Waals surface area contributed by atoms with Gasteiger partial charge in [-0.3, -0.25) is 0 Å². The molecule has 0 aromatic carbocycles. The molecule has 0 saturated carbocycles. The Hall–Kier alpha value is -1.38. The highest BCUT2D eigenvalue weighted by atomic mass is 19.4. The maximum atomic E-state index is 12.7. The minimum Gasteiger partial charge on any atom is -0.481 e. The van der Waals surface area contributed by atoms with Gasteiger partial charge in [0.25, 0.3) is 0 Å². The molecule has 4 N–H and O–H groups in total. The van der Waals surface area contributed by atoms with Gasteiger partial charge in [0.1, 0.15) is 11.7 Å². The maximum Gasteiger partial charge on any atom is 0.421 e. The van der Waals surface area contributed by atoms with E-state index in [1.807, 2.05) is 0 Å². The number of hydrogen-bond donors (Lipinski definition) is 3. The third-order valence-electron chi connectivity index (χ3n) is 2.54. The first-order chi connectivity index (χ1) is 8.81. The van der Waals surface area contributed by atoms with E-state index >= 15 is 0 Å². The summed E-state index contributed by atoms with van der Waals surface area (Å²) in [5.41, 5.74) is 3.95. The average molecular weight is 280 g/mol. The van der Waals surface area contributed by atoms with Gasteiger partial charge in [0.15, 0.2) is 0 Å². The Morgan fingerprint density at radius 2 is 2.05 bits per heavy atom. The molecule has 1 aromatic heterocycles. The fourth-order valence-electron chi connectivity index (χ4n) is 1.55. The van der Waals surface area contributed by atoms with Crippen molar-refractivity contribution in [2.75, 3.05) is 13.7 Å². The number of halogens is 3. The van der Waals surface area contributed by atoms with E-state index in [2.05, 4.69) is 9.72 Å². The van der Waals surface area contributed by atoms with Crippen LogP contribution in [0.2, 0.25) is 0 Å². The number of hydrogen-bond acceptors (Lipinski definition) is 5. The number of nitrogens with two attached hydrogens (primary N) is 1. The van der Waals surface area contributed by atoms with Gasteiger partial charge in [0.2, 0.25) is 5.88 Å². The minimum atomic E-state index is -4.66. The topological polar surface area (TPSA) is 88.6 Å². The second-order valence-electron chi connectivity index (χ2n) is 3.91. The quantitative estimate of drug-likeness (QED) is 0.744. The highest BCUT2D eigenvalue weighted by molar-refractivity contribution is 5.33. The molecule has 0 aliphatic heterocycles. The summed E-state index contributed by atoms with van der Waals surface area (Å²) in [6, 6.07) is 0.705. The number of pyridine rings is 1. The number of nitrogens with zero attached hydrogens (tertiary/aromatic N) is 1. The van der Waals surface area contributed by atoms with E-state index in [-0.39, 0.29) is 18.5 Å². The fraction of sp³-hybridized carbons (Fsp3) is 0.545. The number of alkyl halides is 3. The number of aliphatic hydroxyl groups is 2. The molecule has 1 rings (SSSR count). The summed E-state index contributed by atoms with van der Waals surface area (Å²) < 4.78 is 42.8. The standard InChI is InChI=1S/C11H15F3N2O3/c1-19-10-7(11(12,13)14)4-6(5-16-10)9(18)8(17)2-3-15/h4-5,8-9,17-18H,2-3,15H2,1H3. The van der Waals surface area contributed by atoms with Gasteiger partial charge in [-0.2, -0.15) is 13.2 Å². The Morgan fingerprint density at radius 1 is 1.42 bits per heavy atom. The molecule has 108 valence electrons. The summed E-state index contributed by atoms with van der Waals surface area (Å²) in [4.78, 5) is 3.48. The molecule has 0 fully saturated rings. The predicted octanol–water partition coefficient (Wildman–Crippen LogP) is 0.852. The second kappa shape index (κ2) is 6.18. The van der Waals surface area contributed by atoms with Gasteiger partial charge >= 0.3 is 6.18 Å². The number of rotatable bonds is 5. The Labute approximate surface area is 107 Å². The Kier molecular flexibility index (Phi) is 5.10. The normalized spacial score (nSPS) is 15.1. The predicted molar refractivity (Wildman–Crippen MR) is 60.4 cm³/mol. The van der Waals surface area contributed by atoms with E-state index in [9.17, 15) is 23.4 Å². The highest BCUT2D eigenvalue weighted by Crippen LogP contribution is 2.36. The molecule has 0 amide bonds. The molecule has 0 aliphatic rings. The summed E-state index contributed by atoms with van der Waals surface area (Å²) in [6.07, 6.45) is -6.30. The molecule has 0 bridgehead atoms. The first-order valence-corrected chi connectivity index (χ1v) is 5.48.